The Morgan fingerprint density at radius 1 is 1.10 bits per heavy atom. The van der Waals surface area contributed by atoms with Crippen LogP contribution in [-0.2, 0) is 4.74 Å². The Hall–Kier alpha value is -1.08. The van der Waals surface area contributed by atoms with E-state index in [1.165, 1.54) is 51.9 Å². The summed E-state index contributed by atoms with van der Waals surface area (Å²) in [6.45, 7) is 14.0. The predicted octanol–water partition coefficient (Wildman–Crippen LogP) is 3.77. The molecular formula is C25H41FN4O. The van der Waals surface area contributed by atoms with Crippen LogP contribution in [0, 0.1) is 5.92 Å². The van der Waals surface area contributed by atoms with Crippen LogP contribution in [0.25, 0.3) is 0 Å². The van der Waals surface area contributed by atoms with Crippen LogP contribution in [0.3, 0.4) is 0 Å². The topological polar surface area (TPSA) is 31.8 Å². The predicted molar refractivity (Wildman–Crippen MR) is 123 cm³/mol. The fourth-order valence-electron chi connectivity index (χ4n) is 5.76. The summed E-state index contributed by atoms with van der Waals surface area (Å²) in [5, 5.41) is 0. The second-order valence-corrected chi connectivity index (χ2v) is 10.1. The minimum absolute atomic E-state index is 0.114. The van der Waals surface area contributed by atoms with E-state index >= 15 is 4.39 Å². The largest absolute Gasteiger partial charge is 0.371 e. The van der Waals surface area contributed by atoms with Crippen molar-refractivity contribution in [3.05, 3.63) is 30.1 Å². The number of likely N-dealkylation sites (tertiary alicyclic amines) is 2. The van der Waals surface area contributed by atoms with Gasteiger partial charge in [-0.25, -0.2) is 4.39 Å². The number of nitrogens with zero attached hydrogens (tertiary/aromatic N) is 4. The summed E-state index contributed by atoms with van der Waals surface area (Å²) in [5.41, 5.74) is 0.542. The Balaban J connectivity index is 1.28. The molecule has 5 nitrogen and oxygen atoms in total. The van der Waals surface area contributed by atoms with E-state index in [9.17, 15) is 0 Å². The molecule has 4 rings (SSSR count). The van der Waals surface area contributed by atoms with Crippen molar-refractivity contribution in [3.63, 3.8) is 0 Å². The Labute approximate surface area is 187 Å². The van der Waals surface area contributed by atoms with Gasteiger partial charge in [-0.15, -0.1) is 0 Å². The fourth-order valence-corrected chi connectivity index (χ4v) is 5.76. The van der Waals surface area contributed by atoms with Crippen molar-refractivity contribution in [1.82, 2.24) is 19.7 Å². The molecule has 3 aliphatic heterocycles. The molecule has 6 heteroatoms. The van der Waals surface area contributed by atoms with Gasteiger partial charge in [0.1, 0.15) is 6.17 Å². The van der Waals surface area contributed by atoms with E-state index in [0.717, 1.165) is 25.7 Å². The van der Waals surface area contributed by atoms with Crippen LogP contribution in [0.4, 0.5) is 4.39 Å². The molecule has 0 N–H and O–H groups in total. The molecule has 0 amide bonds. The van der Waals surface area contributed by atoms with Crippen LogP contribution in [0.5, 0.6) is 0 Å². The average molecular weight is 433 g/mol. The van der Waals surface area contributed by atoms with Crippen LogP contribution in [0.15, 0.2) is 24.4 Å². The monoisotopic (exact) mass is 432 g/mol. The highest BCUT2D eigenvalue weighted by Crippen LogP contribution is 2.31. The lowest BCUT2D eigenvalue weighted by Crippen LogP contribution is -2.55. The average Bonchev–Trinajstić information content (AvgIpc) is 3.33. The van der Waals surface area contributed by atoms with E-state index in [1.54, 1.807) is 12.3 Å². The third kappa shape index (κ3) is 5.84. The Morgan fingerprint density at radius 3 is 2.52 bits per heavy atom. The van der Waals surface area contributed by atoms with Gasteiger partial charge in [0.15, 0.2) is 0 Å². The number of rotatable bonds is 7. The van der Waals surface area contributed by atoms with Gasteiger partial charge in [-0.05, 0) is 77.8 Å². The molecule has 0 aromatic carbocycles. The maximum atomic E-state index is 15.1. The van der Waals surface area contributed by atoms with E-state index in [0.29, 0.717) is 5.69 Å². The minimum Gasteiger partial charge on any atom is -0.371 e. The molecule has 174 valence electrons. The maximum Gasteiger partial charge on any atom is 0.146 e. The van der Waals surface area contributed by atoms with Gasteiger partial charge in [0.05, 0.1) is 17.9 Å². The molecule has 5 atom stereocenters. The van der Waals surface area contributed by atoms with Crippen LogP contribution in [0.1, 0.15) is 58.3 Å². The van der Waals surface area contributed by atoms with Gasteiger partial charge in [-0.2, -0.15) is 0 Å². The zero-order valence-electron chi connectivity index (χ0n) is 19.6. The molecule has 3 aliphatic rings. The van der Waals surface area contributed by atoms with Crippen LogP contribution in [0.2, 0.25) is 0 Å². The summed E-state index contributed by atoms with van der Waals surface area (Å²) in [4.78, 5) is 12.0. The van der Waals surface area contributed by atoms with Gasteiger partial charge in [-0.1, -0.05) is 13.0 Å². The van der Waals surface area contributed by atoms with Crippen molar-refractivity contribution >= 4 is 0 Å². The molecule has 0 aliphatic carbocycles. The smallest absolute Gasteiger partial charge is 0.146 e. The summed E-state index contributed by atoms with van der Waals surface area (Å²) in [7, 11) is 0. The quantitative estimate of drug-likeness (QED) is 0.655. The lowest BCUT2D eigenvalue weighted by Gasteiger charge is -2.44. The molecule has 1 aromatic heterocycles. The van der Waals surface area contributed by atoms with E-state index < -0.39 is 6.17 Å². The van der Waals surface area contributed by atoms with E-state index in [1.807, 2.05) is 19.1 Å². The van der Waals surface area contributed by atoms with Gasteiger partial charge < -0.3 is 14.5 Å². The lowest BCUT2D eigenvalue weighted by atomic mass is 9.93. The molecule has 3 saturated heterocycles. The summed E-state index contributed by atoms with van der Waals surface area (Å²) in [5.74, 6) is -0.114. The second-order valence-electron chi connectivity index (χ2n) is 10.1. The molecule has 0 saturated carbocycles. The number of hydrogen-bond donors (Lipinski definition) is 0. The summed E-state index contributed by atoms with van der Waals surface area (Å²) < 4.78 is 21.5. The van der Waals surface area contributed by atoms with Gasteiger partial charge in [-0.3, -0.25) is 9.88 Å². The number of hydrogen-bond acceptors (Lipinski definition) is 5. The van der Waals surface area contributed by atoms with Crippen molar-refractivity contribution in [2.75, 3.05) is 45.8 Å². The first-order valence-corrected chi connectivity index (χ1v) is 12.4. The number of ether oxygens (including phenoxy) is 1. The fraction of sp³-hybridized carbons (Fsp3) is 0.800. The normalized spacial score (nSPS) is 30.3. The third-order valence-corrected chi connectivity index (χ3v) is 7.80. The molecule has 3 fully saturated rings. The van der Waals surface area contributed by atoms with E-state index in [-0.39, 0.29) is 24.2 Å². The first-order valence-electron chi connectivity index (χ1n) is 12.4. The number of pyridine rings is 1. The number of morpholine rings is 1. The van der Waals surface area contributed by atoms with E-state index in [4.69, 9.17) is 4.74 Å². The number of aromatic nitrogens is 1. The zero-order valence-corrected chi connectivity index (χ0v) is 19.6. The van der Waals surface area contributed by atoms with Crippen LogP contribution < -0.4 is 0 Å². The zero-order chi connectivity index (χ0) is 21.8. The standard InChI is InChI=1S/C25H41FN4O/c1-19-16-30(21(3)20(2)25(26)24-8-4-5-11-27-24)18-23(31-19)17-28-14-9-22(10-15-28)29-12-6-7-13-29/h4-5,8,11,19-23,25H,6-7,9-10,12-18H2,1-3H3/t19-,20+,21+,23+,25?/m1/s1. The first kappa shape index (κ1) is 23.1. The molecule has 1 aromatic rings. The van der Waals surface area contributed by atoms with Crippen molar-refractivity contribution < 1.29 is 9.13 Å². The molecule has 0 bridgehead atoms. The van der Waals surface area contributed by atoms with Gasteiger partial charge in [0, 0.05) is 43.8 Å². The maximum absolute atomic E-state index is 15.1. The molecule has 4 heterocycles. The minimum atomic E-state index is -1.04. The second kappa shape index (κ2) is 10.7. The highest BCUT2D eigenvalue weighted by Gasteiger charge is 2.35. The third-order valence-electron chi connectivity index (χ3n) is 7.80. The molecule has 0 spiro atoms. The van der Waals surface area contributed by atoms with Gasteiger partial charge >= 0.3 is 0 Å². The highest BCUT2D eigenvalue weighted by atomic mass is 19.1. The van der Waals surface area contributed by atoms with Crippen molar-refractivity contribution in [2.45, 2.75) is 76.9 Å². The molecule has 0 radical (unpaired) electrons. The van der Waals surface area contributed by atoms with Crippen molar-refractivity contribution in [2.24, 2.45) is 5.92 Å². The van der Waals surface area contributed by atoms with Crippen LogP contribution >= 0.6 is 0 Å². The lowest BCUT2D eigenvalue weighted by molar-refractivity contribution is -0.106. The van der Waals surface area contributed by atoms with Crippen molar-refractivity contribution in [1.29, 1.82) is 0 Å². The van der Waals surface area contributed by atoms with Gasteiger partial charge in [0.25, 0.3) is 0 Å². The molecule has 1 unspecified atom stereocenters. The number of halogens is 1. The molecular weight excluding hydrogens is 391 g/mol. The Kier molecular flexibility index (Phi) is 7.96. The Morgan fingerprint density at radius 2 is 1.84 bits per heavy atom. The first-order chi connectivity index (χ1) is 15.0. The van der Waals surface area contributed by atoms with Crippen molar-refractivity contribution in [3.8, 4) is 0 Å². The SMILES string of the molecule is C[C@@H]1CN([C@@H](C)[C@H](C)C(F)c2ccccn2)C[C@H](CN2CCC(N3CCCC3)CC2)O1. The Bertz CT molecular complexity index is 663. The van der Waals surface area contributed by atoms with Crippen LogP contribution in [-0.4, -0.2) is 89.8 Å². The van der Waals surface area contributed by atoms with Gasteiger partial charge in [0.2, 0.25) is 0 Å². The summed E-state index contributed by atoms with van der Waals surface area (Å²) in [6, 6.07) is 6.44. The van der Waals surface area contributed by atoms with E-state index in [2.05, 4.69) is 33.5 Å². The highest BCUT2D eigenvalue weighted by molar-refractivity contribution is 5.08. The summed E-state index contributed by atoms with van der Waals surface area (Å²) in [6.07, 6.45) is 6.34. The summed E-state index contributed by atoms with van der Waals surface area (Å²) >= 11 is 0. The number of piperidine rings is 1. The number of alkyl halides is 1. The molecule has 31 heavy (non-hydrogen) atoms.